The van der Waals surface area contributed by atoms with Gasteiger partial charge in [0, 0.05) is 12.4 Å². The van der Waals surface area contributed by atoms with E-state index in [0.29, 0.717) is 6.54 Å². The number of hydrogen-bond acceptors (Lipinski definition) is 2. The van der Waals surface area contributed by atoms with Gasteiger partial charge in [-0.1, -0.05) is 12.1 Å². The minimum absolute atomic E-state index is 0.108. The third-order valence-corrected chi connectivity index (χ3v) is 2.15. The van der Waals surface area contributed by atoms with Crippen molar-refractivity contribution in [2.75, 3.05) is 0 Å². The first-order valence-electron chi connectivity index (χ1n) is 4.90. The molecule has 0 radical (unpaired) electrons. The molecule has 0 aliphatic heterocycles. The average molecular weight is 215 g/mol. The summed E-state index contributed by atoms with van der Waals surface area (Å²) < 4.78 is 1.80. The second kappa shape index (κ2) is 4.48. The normalized spacial score (nSPS) is 10.0. The molecule has 0 spiro atoms. The predicted molar refractivity (Wildman–Crippen MR) is 63.1 cm³/mol. The van der Waals surface area contributed by atoms with Crippen molar-refractivity contribution in [2.45, 2.75) is 6.54 Å². The molecule has 0 aliphatic rings. The number of hydrogen-bond donors (Lipinski definition) is 2. The number of aromatic nitrogens is 2. The summed E-state index contributed by atoms with van der Waals surface area (Å²) >= 11 is 0. The summed E-state index contributed by atoms with van der Waals surface area (Å²) in [5.41, 5.74) is 12.6. The third-order valence-electron chi connectivity index (χ3n) is 2.15. The SMILES string of the molecule is NC(N)=NCc1ccc(-n2cccn2)cc1. The molecular formula is C11H13N5. The van der Waals surface area contributed by atoms with Gasteiger partial charge < -0.3 is 11.5 Å². The van der Waals surface area contributed by atoms with Crippen LogP contribution in [0.15, 0.2) is 47.7 Å². The van der Waals surface area contributed by atoms with Crippen LogP contribution in [0.25, 0.3) is 5.69 Å². The van der Waals surface area contributed by atoms with Crippen molar-refractivity contribution in [3.8, 4) is 5.69 Å². The quantitative estimate of drug-likeness (QED) is 0.582. The van der Waals surface area contributed by atoms with E-state index in [4.69, 9.17) is 11.5 Å². The van der Waals surface area contributed by atoms with Crippen LogP contribution in [0.1, 0.15) is 5.56 Å². The minimum Gasteiger partial charge on any atom is -0.370 e. The van der Waals surface area contributed by atoms with E-state index in [0.717, 1.165) is 11.3 Å². The van der Waals surface area contributed by atoms with Crippen molar-refractivity contribution in [1.29, 1.82) is 0 Å². The van der Waals surface area contributed by atoms with E-state index >= 15 is 0 Å². The number of guanidine groups is 1. The van der Waals surface area contributed by atoms with E-state index in [2.05, 4.69) is 10.1 Å². The van der Waals surface area contributed by atoms with E-state index in [9.17, 15) is 0 Å². The van der Waals surface area contributed by atoms with Gasteiger partial charge in [-0.25, -0.2) is 9.67 Å². The summed E-state index contributed by atoms with van der Waals surface area (Å²) in [6, 6.07) is 9.79. The van der Waals surface area contributed by atoms with Crippen LogP contribution in [0, 0.1) is 0 Å². The van der Waals surface area contributed by atoms with E-state index in [1.807, 2.05) is 36.5 Å². The Kier molecular flexibility index (Phi) is 2.86. The highest BCUT2D eigenvalue weighted by molar-refractivity contribution is 5.75. The Morgan fingerprint density at radius 3 is 2.56 bits per heavy atom. The summed E-state index contributed by atoms with van der Waals surface area (Å²) in [4.78, 5) is 3.94. The second-order valence-electron chi connectivity index (χ2n) is 3.36. The van der Waals surface area contributed by atoms with Gasteiger partial charge in [0.25, 0.3) is 0 Å². The van der Waals surface area contributed by atoms with Crippen LogP contribution >= 0.6 is 0 Å². The van der Waals surface area contributed by atoms with Gasteiger partial charge in [-0.3, -0.25) is 0 Å². The summed E-state index contributed by atoms with van der Waals surface area (Å²) in [5, 5.41) is 4.14. The van der Waals surface area contributed by atoms with Gasteiger partial charge in [0.15, 0.2) is 5.96 Å². The maximum Gasteiger partial charge on any atom is 0.186 e. The molecule has 1 aromatic heterocycles. The lowest BCUT2D eigenvalue weighted by Gasteiger charge is -2.02. The molecule has 1 heterocycles. The smallest absolute Gasteiger partial charge is 0.186 e. The maximum atomic E-state index is 5.26. The lowest BCUT2D eigenvalue weighted by molar-refractivity contribution is 0.878. The van der Waals surface area contributed by atoms with Crippen molar-refractivity contribution in [3.63, 3.8) is 0 Å². The molecule has 82 valence electrons. The molecule has 0 saturated carbocycles. The molecule has 2 rings (SSSR count). The fraction of sp³-hybridized carbons (Fsp3) is 0.0909. The fourth-order valence-electron chi connectivity index (χ4n) is 1.36. The number of rotatable bonds is 3. The largest absolute Gasteiger partial charge is 0.370 e. The molecule has 0 atom stereocenters. The lowest BCUT2D eigenvalue weighted by Crippen LogP contribution is -2.22. The fourth-order valence-corrected chi connectivity index (χ4v) is 1.36. The average Bonchev–Trinajstić information content (AvgIpc) is 2.80. The van der Waals surface area contributed by atoms with E-state index in [1.54, 1.807) is 10.9 Å². The van der Waals surface area contributed by atoms with Gasteiger partial charge in [-0.15, -0.1) is 0 Å². The predicted octanol–water partition coefficient (Wildman–Crippen LogP) is 0.646. The van der Waals surface area contributed by atoms with Crippen LogP contribution in [0.5, 0.6) is 0 Å². The Bertz CT molecular complexity index is 466. The van der Waals surface area contributed by atoms with E-state index in [1.165, 1.54) is 0 Å². The number of benzene rings is 1. The molecule has 0 saturated heterocycles. The van der Waals surface area contributed by atoms with Crippen molar-refractivity contribution >= 4 is 5.96 Å². The molecule has 5 heteroatoms. The maximum absolute atomic E-state index is 5.26. The zero-order valence-electron chi connectivity index (χ0n) is 8.74. The molecular weight excluding hydrogens is 202 g/mol. The van der Waals surface area contributed by atoms with Gasteiger partial charge >= 0.3 is 0 Å². The Labute approximate surface area is 93.4 Å². The molecule has 0 amide bonds. The van der Waals surface area contributed by atoms with Crippen LogP contribution in [0.3, 0.4) is 0 Å². The Morgan fingerprint density at radius 2 is 2.00 bits per heavy atom. The minimum atomic E-state index is 0.108. The molecule has 16 heavy (non-hydrogen) atoms. The molecule has 0 bridgehead atoms. The molecule has 5 nitrogen and oxygen atoms in total. The van der Waals surface area contributed by atoms with Crippen LogP contribution in [-0.2, 0) is 6.54 Å². The first-order chi connectivity index (χ1) is 7.75. The van der Waals surface area contributed by atoms with Crippen LogP contribution < -0.4 is 11.5 Å². The van der Waals surface area contributed by atoms with Crippen molar-refractivity contribution in [3.05, 3.63) is 48.3 Å². The molecule has 0 unspecified atom stereocenters. The zero-order valence-corrected chi connectivity index (χ0v) is 8.74. The number of nitrogens with zero attached hydrogens (tertiary/aromatic N) is 3. The van der Waals surface area contributed by atoms with Crippen molar-refractivity contribution < 1.29 is 0 Å². The van der Waals surface area contributed by atoms with Crippen molar-refractivity contribution in [2.24, 2.45) is 16.5 Å². The number of nitrogens with two attached hydrogens (primary N) is 2. The molecule has 2 aromatic rings. The third kappa shape index (κ3) is 2.38. The summed E-state index contributed by atoms with van der Waals surface area (Å²) in [6.07, 6.45) is 3.64. The Hall–Kier alpha value is -2.30. The highest BCUT2D eigenvalue weighted by atomic mass is 15.3. The molecule has 0 fully saturated rings. The standard InChI is InChI=1S/C11H13N5/c12-11(13)14-8-9-2-4-10(5-3-9)16-7-1-6-15-16/h1-7H,8H2,(H4,12,13,14). The van der Waals surface area contributed by atoms with Gasteiger partial charge in [-0.2, -0.15) is 5.10 Å². The van der Waals surface area contributed by atoms with Gasteiger partial charge in [0.2, 0.25) is 0 Å². The van der Waals surface area contributed by atoms with E-state index < -0.39 is 0 Å². The summed E-state index contributed by atoms with van der Waals surface area (Å²) in [7, 11) is 0. The van der Waals surface area contributed by atoms with Crippen LogP contribution in [-0.4, -0.2) is 15.7 Å². The highest BCUT2D eigenvalue weighted by Gasteiger charge is 1.96. The van der Waals surface area contributed by atoms with Gasteiger partial charge in [0.1, 0.15) is 0 Å². The number of aliphatic imine (C=N–C) groups is 1. The topological polar surface area (TPSA) is 82.2 Å². The van der Waals surface area contributed by atoms with Crippen LogP contribution in [0.2, 0.25) is 0 Å². The monoisotopic (exact) mass is 215 g/mol. The van der Waals surface area contributed by atoms with Crippen molar-refractivity contribution in [1.82, 2.24) is 9.78 Å². The first kappa shape index (κ1) is 10.2. The molecule has 0 aliphatic carbocycles. The Morgan fingerprint density at radius 1 is 1.25 bits per heavy atom. The first-order valence-corrected chi connectivity index (χ1v) is 4.90. The van der Waals surface area contributed by atoms with Crippen LogP contribution in [0.4, 0.5) is 0 Å². The van der Waals surface area contributed by atoms with Gasteiger partial charge in [0.05, 0.1) is 12.2 Å². The summed E-state index contributed by atoms with van der Waals surface area (Å²) in [6.45, 7) is 0.502. The molecule has 4 N–H and O–H groups in total. The Balaban J connectivity index is 2.14. The highest BCUT2D eigenvalue weighted by Crippen LogP contribution is 2.09. The lowest BCUT2D eigenvalue weighted by atomic mass is 10.2. The second-order valence-corrected chi connectivity index (χ2v) is 3.36. The van der Waals surface area contributed by atoms with Gasteiger partial charge in [-0.05, 0) is 23.8 Å². The molecule has 1 aromatic carbocycles. The zero-order chi connectivity index (χ0) is 11.4. The van der Waals surface area contributed by atoms with E-state index in [-0.39, 0.29) is 5.96 Å². The summed E-state index contributed by atoms with van der Waals surface area (Å²) in [5.74, 6) is 0.108.